The van der Waals surface area contributed by atoms with Crippen LogP contribution in [-0.2, 0) is 0 Å². The number of thiophene rings is 1. The van der Waals surface area contributed by atoms with Gasteiger partial charge in [0.2, 0.25) is 0 Å². The van der Waals surface area contributed by atoms with E-state index in [9.17, 15) is 4.79 Å². The minimum absolute atomic E-state index is 0.139. The van der Waals surface area contributed by atoms with E-state index in [4.69, 9.17) is 0 Å². The van der Waals surface area contributed by atoms with Gasteiger partial charge >= 0.3 is 0 Å². The Labute approximate surface area is 141 Å². The van der Waals surface area contributed by atoms with Gasteiger partial charge in [-0.1, -0.05) is 18.2 Å². The van der Waals surface area contributed by atoms with Gasteiger partial charge in [-0.05, 0) is 57.2 Å². The molecular formula is C19H20N2OS. The summed E-state index contributed by atoms with van der Waals surface area (Å²) in [6, 6.07) is 11.4. The van der Waals surface area contributed by atoms with Crippen molar-refractivity contribution in [2.24, 2.45) is 4.99 Å². The highest BCUT2D eigenvalue weighted by Gasteiger charge is 2.06. The third-order valence-corrected chi connectivity index (χ3v) is 4.06. The maximum atomic E-state index is 12.3. The number of carbonyl (C=O) groups is 1. The Morgan fingerprint density at radius 1 is 1.22 bits per heavy atom. The van der Waals surface area contributed by atoms with Crippen molar-refractivity contribution in [2.45, 2.75) is 20.8 Å². The molecule has 3 nitrogen and oxygen atoms in total. The minimum Gasteiger partial charge on any atom is -0.322 e. The fourth-order valence-corrected chi connectivity index (χ4v) is 2.73. The molecule has 0 bridgehead atoms. The number of carbonyl (C=O) groups excluding carboxylic acids is 1. The Hall–Kier alpha value is -2.46. The molecule has 1 heterocycles. The van der Waals surface area contributed by atoms with Crippen LogP contribution in [0.4, 0.5) is 5.69 Å². The lowest BCUT2D eigenvalue weighted by Gasteiger charge is -2.06. The second-order valence-electron chi connectivity index (χ2n) is 4.96. The molecule has 0 aliphatic heterocycles. The van der Waals surface area contributed by atoms with Crippen LogP contribution in [0.2, 0.25) is 0 Å². The van der Waals surface area contributed by atoms with E-state index in [1.165, 1.54) is 4.88 Å². The standard InChI is InChI=1S/C19H20N2OS/c1-4-7-16(5-2)21-19(22)15-8-6-9-17(12-15)20-13-18-11-10-14(3)23-18/h4-13H,1-3H3,(H,21,22). The van der Waals surface area contributed by atoms with Gasteiger partial charge in [-0.3, -0.25) is 9.79 Å². The fraction of sp³-hybridized carbons (Fsp3) is 0.158. The zero-order valence-corrected chi connectivity index (χ0v) is 14.4. The van der Waals surface area contributed by atoms with E-state index in [-0.39, 0.29) is 5.91 Å². The van der Waals surface area contributed by atoms with Crippen LogP contribution in [0.5, 0.6) is 0 Å². The molecule has 0 atom stereocenters. The quantitative estimate of drug-likeness (QED) is 0.609. The predicted octanol–water partition coefficient (Wildman–Crippen LogP) is 5.02. The number of allylic oxidation sites excluding steroid dienone is 3. The summed E-state index contributed by atoms with van der Waals surface area (Å²) in [5, 5.41) is 2.87. The monoisotopic (exact) mass is 324 g/mol. The SMILES string of the molecule is CC=CC(=CC)NC(=O)c1cccc(N=Cc2ccc(C)s2)c1. The highest BCUT2D eigenvalue weighted by molar-refractivity contribution is 7.13. The summed E-state index contributed by atoms with van der Waals surface area (Å²) in [7, 11) is 0. The van der Waals surface area contributed by atoms with Crippen LogP contribution in [0, 0.1) is 6.92 Å². The molecule has 0 aliphatic carbocycles. The highest BCUT2D eigenvalue weighted by atomic mass is 32.1. The number of hydrogen-bond donors (Lipinski definition) is 1. The summed E-state index contributed by atoms with van der Waals surface area (Å²) >= 11 is 1.69. The normalized spacial score (nSPS) is 12.2. The van der Waals surface area contributed by atoms with Gasteiger partial charge in [-0.25, -0.2) is 0 Å². The lowest BCUT2D eigenvalue weighted by Crippen LogP contribution is -2.21. The maximum absolute atomic E-state index is 12.3. The zero-order valence-electron chi connectivity index (χ0n) is 13.5. The summed E-state index contributed by atoms with van der Waals surface area (Å²) in [6.07, 6.45) is 7.43. The zero-order chi connectivity index (χ0) is 16.7. The molecule has 23 heavy (non-hydrogen) atoms. The topological polar surface area (TPSA) is 41.5 Å². The summed E-state index contributed by atoms with van der Waals surface area (Å²) in [6.45, 7) is 5.87. The number of amides is 1. The molecule has 2 aromatic rings. The predicted molar refractivity (Wildman–Crippen MR) is 98.8 cm³/mol. The molecule has 0 fully saturated rings. The van der Waals surface area contributed by atoms with Crippen LogP contribution in [0.25, 0.3) is 0 Å². The van der Waals surface area contributed by atoms with Gasteiger partial charge in [-0.15, -0.1) is 11.3 Å². The maximum Gasteiger partial charge on any atom is 0.255 e. The average molecular weight is 324 g/mol. The number of hydrogen-bond acceptors (Lipinski definition) is 3. The molecule has 1 aromatic heterocycles. The van der Waals surface area contributed by atoms with Crippen LogP contribution in [0.15, 0.2) is 65.3 Å². The Balaban J connectivity index is 2.13. The summed E-state index contributed by atoms with van der Waals surface area (Å²) in [4.78, 5) is 19.1. The van der Waals surface area contributed by atoms with Crippen LogP contribution >= 0.6 is 11.3 Å². The van der Waals surface area contributed by atoms with E-state index in [1.807, 2.05) is 56.5 Å². The smallest absolute Gasteiger partial charge is 0.255 e. The number of aliphatic imine (C=N–C) groups is 1. The second kappa shape index (κ2) is 8.25. The first-order valence-corrected chi connectivity index (χ1v) is 8.25. The molecule has 0 spiro atoms. The van der Waals surface area contributed by atoms with Gasteiger partial charge in [0.25, 0.3) is 5.91 Å². The number of nitrogens with zero attached hydrogens (tertiary/aromatic N) is 1. The number of benzene rings is 1. The van der Waals surface area contributed by atoms with E-state index >= 15 is 0 Å². The molecule has 0 radical (unpaired) electrons. The Morgan fingerprint density at radius 3 is 2.70 bits per heavy atom. The summed E-state index contributed by atoms with van der Waals surface area (Å²) < 4.78 is 0. The summed E-state index contributed by atoms with van der Waals surface area (Å²) in [5.74, 6) is -0.139. The fourth-order valence-electron chi connectivity index (χ4n) is 1.98. The van der Waals surface area contributed by atoms with Crippen LogP contribution in [-0.4, -0.2) is 12.1 Å². The summed E-state index contributed by atoms with van der Waals surface area (Å²) in [5.41, 5.74) is 2.13. The van der Waals surface area contributed by atoms with Gasteiger partial charge in [-0.2, -0.15) is 0 Å². The largest absolute Gasteiger partial charge is 0.322 e. The molecule has 0 saturated carbocycles. The Kier molecular flexibility index (Phi) is 6.06. The third-order valence-electron chi connectivity index (χ3n) is 3.13. The highest BCUT2D eigenvalue weighted by Crippen LogP contribution is 2.17. The van der Waals surface area contributed by atoms with Gasteiger partial charge in [0.05, 0.1) is 5.69 Å². The lowest BCUT2D eigenvalue weighted by atomic mass is 10.2. The molecule has 0 unspecified atom stereocenters. The van der Waals surface area contributed by atoms with Gasteiger partial charge < -0.3 is 5.32 Å². The first-order valence-electron chi connectivity index (χ1n) is 7.43. The van der Waals surface area contributed by atoms with Crippen molar-refractivity contribution >= 4 is 29.1 Å². The van der Waals surface area contributed by atoms with Crippen LogP contribution in [0.3, 0.4) is 0 Å². The Morgan fingerprint density at radius 2 is 2.04 bits per heavy atom. The van der Waals surface area contributed by atoms with E-state index < -0.39 is 0 Å². The lowest BCUT2D eigenvalue weighted by molar-refractivity contribution is 0.0967. The van der Waals surface area contributed by atoms with Crippen LogP contribution < -0.4 is 5.32 Å². The molecule has 0 saturated heterocycles. The Bertz CT molecular complexity index is 769. The van der Waals surface area contributed by atoms with E-state index in [1.54, 1.807) is 23.5 Å². The first-order chi connectivity index (χ1) is 11.1. The molecule has 1 amide bonds. The molecule has 0 aliphatic rings. The first kappa shape index (κ1) is 16.9. The molecule has 118 valence electrons. The van der Waals surface area contributed by atoms with E-state index in [0.717, 1.165) is 16.3 Å². The average Bonchev–Trinajstić information content (AvgIpc) is 2.98. The molecule has 2 rings (SSSR count). The van der Waals surface area contributed by atoms with Crippen molar-refractivity contribution in [1.82, 2.24) is 5.32 Å². The molecule has 4 heteroatoms. The van der Waals surface area contributed by atoms with Crippen LogP contribution in [0.1, 0.15) is 34.0 Å². The van der Waals surface area contributed by atoms with Crippen molar-refractivity contribution in [1.29, 1.82) is 0 Å². The molecule has 1 N–H and O–H groups in total. The van der Waals surface area contributed by atoms with Crippen molar-refractivity contribution < 1.29 is 4.79 Å². The van der Waals surface area contributed by atoms with Gasteiger partial charge in [0.15, 0.2) is 0 Å². The number of nitrogens with one attached hydrogen (secondary N) is 1. The van der Waals surface area contributed by atoms with E-state index in [0.29, 0.717) is 5.56 Å². The van der Waals surface area contributed by atoms with Crippen molar-refractivity contribution in [3.63, 3.8) is 0 Å². The van der Waals surface area contributed by atoms with Crippen molar-refractivity contribution in [3.05, 3.63) is 75.6 Å². The van der Waals surface area contributed by atoms with E-state index in [2.05, 4.69) is 23.3 Å². The van der Waals surface area contributed by atoms with Gasteiger partial charge in [0, 0.05) is 27.2 Å². The number of rotatable bonds is 5. The van der Waals surface area contributed by atoms with Gasteiger partial charge in [0.1, 0.15) is 0 Å². The van der Waals surface area contributed by atoms with Crippen molar-refractivity contribution in [2.75, 3.05) is 0 Å². The third kappa shape index (κ3) is 5.04. The number of aryl methyl sites for hydroxylation is 1. The second-order valence-corrected chi connectivity index (χ2v) is 6.27. The molecular weight excluding hydrogens is 304 g/mol. The molecule has 1 aromatic carbocycles. The minimum atomic E-state index is -0.139. The van der Waals surface area contributed by atoms with Crippen molar-refractivity contribution in [3.8, 4) is 0 Å².